The molecule has 0 atom stereocenters. The van der Waals surface area contributed by atoms with E-state index < -0.39 is 33.2 Å². The van der Waals surface area contributed by atoms with Gasteiger partial charge in [0.15, 0.2) is 11.6 Å². The summed E-state index contributed by atoms with van der Waals surface area (Å²) in [6.45, 7) is 0. The molecule has 0 radical (unpaired) electrons. The van der Waals surface area contributed by atoms with Gasteiger partial charge in [0.1, 0.15) is 10.0 Å². The van der Waals surface area contributed by atoms with Crippen LogP contribution >= 0.6 is 22.7 Å². The quantitative estimate of drug-likeness (QED) is 0.222. The lowest BCUT2D eigenvalue weighted by Gasteiger charge is -2.19. The molecular formula is C24H12N4O8S2. The molecule has 0 spiro atoms. The van der Waals surface area contributed by atoms with Gasteiger partial charge in [-0.3, -0.25) is 39.4 Å². The van der Waals surface area contributed by atoms with E-state index >= 15 is 0 Å². The van der Waals surface area contributed by atoms with Crippen molar-refractivity contribution in [3.05, 3.63) is 114 Å². The number of nitrogens with one attached hydrogen (secondary N) is 2. The molecule has 0 fully saturated rings. The number of anilines is 2. The zero-order chi connectivity index (χ0) is 27.1. The maximum atomic E-state index is 13.2. The average molecular weight is 549 g/mol. The molecule has 0 aliphatic heterocycles. The number of nitrogens with zero attached hydrogens (tertiary/aromatic N) is 2. The van der Waals surface area contributed by atoms with E-state index in [0.29, 0.717) is 0 Å². The van der Waals surface area contributed by atoms with Crippen molar-refractivity contribution >= 4 is 66.1 Å². The molecule has 38 heavy (non-hydrogen) atoms. The number of thiophene rings is 2. The van der Waals surface area contributed by atoms with Crippen molar-refractivity contribution in [3.8, 4) is 0 Å². The molecule has 5 rings (SSSR count). The highest BCUT2D eigenvalue weighted by Crippen LogP contribution is 2.32. The molecule has 2 heterocycles. The highest BCUT2D eigenvalue weighted by Gasteiger charge is 2.31. The van der Waals surface area contributed by atoms with Gasteiger partial charge in [-0.1, -0.05) is 0 Å². The minimum absolute atomic E-state index is 0.00964. The summed E-state index contributed by atoms with van der Waals surface area (Å²) >= 11 is 1.55. The normalized spacial score (nSPS) is 11.9. The Labute approximate surface area is 219 Å². The van der Waals surface area contributed by atoms with Crippen LogP contribution in [0.2, 0.25) is 0 Å². The number of fused-ring (bicyclic) bond motifs is 2. The number of nitro groups is 2. The SMILES string of the molecule is O=C(Nc1ccc([N+](=O)[O-])s1)c1ccc2c(c1)C(=O)c1ccc(C(=O)Nc3ccc([N+](=O)[O-])s3)cc1C2=O. The average Bonchev–Trinajstić information content (AvgIpc) is 3.57. The first-order valence-corrected chi connectivity index (χ1v) is 12.2. The number of carbonyl (C=O) groups excluding carboxylic acids is 4. The predicted molar refractivity (Wildman–Crippen MR) is 138 cm³/mol. The molecule has 0 saturated heterocycles. The summed E-state index contributed by atoms with van der Waals surface area (Å²) in [4.78, 5) is 72.3. The highest BCUT2D eigenvalue weighted by atomic mass is 32.1. The van der Waals surface area contributed by atoms with E-state index in [1.165, 1.54) is 60.7 Å². The van der Waals surface area contributed by atoms with Crippen LogP contribution in [-0.4, -0.2) is 33.2 Å². The minimum atomic E-state index is -0.614. The van der Waals surface area contributed by atoms with E-state index in [4.69, 9.17) is 0 Å². The zero-order valence-electron chi connectivity index (χ0n) is 18.8. The maximum Gasteiger partial charge on any atom is 0.326 e. The number of hydrogen-bond acceptors (Lipinski definition) is 10. The van der Waals surface area contributed by atoms with Gasteiger partial charge in [0, 0.05) is 45.5 Å². The summed E-state index contributed by atoms with van der Waals surface area (Å²) in [7, 11) is 0. The van der Waals surface area contributed by atoms with Crippen LogP contribution in [0.3, 0.4) is 0 Å². The summed E-state index contributed by atoms with van der Waals surface area (Å²) in [6.07, 6.45) is 0. The van der Waals surface area contributed by atoms with Crippen molar-refractivity contribution in [3.63, 3.8) is 0 Å². The molecule has 188 valence electrons. The minimum Gasteiger partial charge on any atom is -0.313 e. The van der Waals surface area contributed by atoms with E-state index in [9.17, 15) is 39.4 Å². The van der Waals surface area contributed by atoms with Crippen molar-refractivity contribution in [2.75, 3.05) is 10.6 Å². The van der Waals surface area contributed by atoms with Crippen molar-refractivity contribution < 1.29 is 29.0 Å². The Morgan fingerprint density at radius 3 is 1.34 bits per heavy atom. The first-order chi connectivity index (χ1) is 18.1. The number of amides is 2. The maximum absolute atomic E-state index is 13.2. The molecule has 14 heteroatoms. The molecule has 0 saturated carbocycles. The Balaban J connectivity index is 1.38. The fraction of sp³-hybridized carbons (Fsp3) is 0. The molecule has 2 aromatic carbocycles. The van der Waals surface area contributed by atoms with Gasteiger partial charge in [0.2, 0.25) is 0 Å². The van der Waals surface area contributed by atoms with Crippen LogP contribution in [-0.2, 0) is 0 Å². The topological polar surface area (TPSA) is 179 Å². The Bertz CT molecular complexity index is 1600. The number of rotatable bonds is 6. The summed E-state index contributed by atoms with van der Waals surface area (Å²) in [5.41, 5.74) is 0.274. The summed E-state index contributed by atoms with van der Waals surface area (Å²) < 4.78 is 0. The molecule has 2 amide bonds. The molecule has 0 unspecified atom stereocenters. The number of benzene rings is 2. The largest absolute Gasteiger partial charge is 0.326 e. The lowest BCUT2D eigenvalue weighted by atomic mass is 9.82. The van der Waals surface area contributed by atoms with E-state index in [2.05, 4.69) is 10.6 Å². The number of carbonyl (C=O) groups is 4. The van der Waals surface area contributed by atoms with Crippen LogP contribution in [0.4, 0.5) is 20.0 Å². The molecule has 0 bridgehead atoms. The molecule has 2 N–H and O–H groups in total. The zero-order valence-corrected chi connectivity index (χ0v) is 20.4. The third kappa shape index (κ3) is 4.44. The van der Waals surface area contributed by atoms with E-state index in [0.717, 1.165) is 22.7 Å². The van der Waals surface area contributed by atoms with Crippen molar-refractivity contribution in [2.24, 2.45) is 0 Å². The fourth-order valence-corrected chi connectivity index (χ4v) is 5.22. The summed E-state index contributed by atoms with van der Waals surface area (Å²) in [6, 6.07) is 13.2. The van der Waals surface area contributed by atoms with Gasteiger partial charge in [-0.15, -0.1) is 0 Å². The number of ketones is 2. The van der Waals surface area contributed by atoms with E-state index in [-0.39, 0.29) is 53.4 Å². The van der Waals surface area contributed by atoms with Crippen LogP contribution in [0, 0.1) is 20.2 Å². The van der Waals surface area contributed by atoms with Gasteiger partial charge >= 0.3 is 10.0 Å². The highest BCUT2D eigenvalue weighted by molar-refractivity contribution is 7.19. The van der Waals surface area contributed by atoms with Crippen LogP contribution in [0.15, 0.2) is 60.7 Å². The lowest BCUT2D eigenvalue weighted by molar-refractivity contribution is -0.380. The van der Waals surface area contributed by atoms with Gasteiger partial charge in [-0.2, -0.15) is 0 Å². The first kappa shape index (κ1) is 24.6. The van der Waals surface area contributed by atoms with Crippen molar-refractivity contribution in [2.45, 2.75) is 0 Å². The van der Waals surface area contributed by atoms with Crippen LogP contribution in [0.5, 0.6) is 0 Å². The molecule has 4 aromatic rings. The van der Waals surface area contributed by atoms with Gasteiger partial charge < -0.3 is 10.6 Å². The smallest absolute Gasteiger partial charge is 0.313 e. The Morgan fingerprint density at radius 1 is 0.605 bits per heavy atom. The Kier molecular flexibility index (Phi) is 6.10. The van der Waals surface area contributed by atoms with Crippen molar-refractivity contribution in [1.29, 1.82) is 0 Å². The monoisotopic (exact) mass is 548 g/mol. The fourth-order valence-electron chi connectivity index (χ4n) is 3.79. The molecule has 1 aliphatic carbocycles. The molecule has 1 aliphatic rings. The van der Waals surface area contributed by atoms with Gasteiger partial charge in [-0.25, -0.2) is 0 Å². The van der Waals surface area contributed by atoms with E-state index in [1.54, 1.807) is 0 Å². The standard InChI is InChI=1S/C24H12N4O8S2/c29-21-13-3-1-11(23(31)25-17-5-7-19(37-17)27(33)34)9-15(13)22(30)14-4-2-12(10-16(14)21)24(32)26-18-6-8-20(38-18)28(35)36/h1-10H,(H,25,31)(H,26,32). The number of hydrogen-bond donors (Lipinski definition) is 2. The Morgan fingerprint density at radius 2 is 1.00 bits per heavy atom. The second-order valence-electron chi connectivity index (χ2n) is 7.88. The van der Waals surface area contributed by atoms with Crippen LogP contribution in [0.25, 0.3) is 0 Å². The molecule has 2 aromatic heterocycles. The van der Waals surface area contributed by atoms with E-state index in [1.807, 2.05) is 0 Å². The van der Waals surface area contributed by atoms with Gasteiger partial charge in [-0.05, 0) is 71.2 Å². The van der Waals surface area contributed by atoms with Crippen LogP contribution < -0.4 is 10.6 Å². The Hall–Kier alpha value is -5.08. The third-order valence-corrected chi connectivity index (χ3v) is 7.46. The molecule has 12 nitrogen and oxygen atoms in total. The lowest BCUT2D eigenvalue weighted by Crippen LogP contribution is -2.23. The predicted octanol–water partition coefficient (Wildman–Crippen LogP) is 4.91. The van der Waals surface area contributed by atoms with Crippen LogP contribution in [0.1, 0.15) is 52.6 Å². The van der Waals surface area contributed by atoms with Gasteiger partial charge in [0.25, 0.3) is 11.8 Å². The third-order valence-electron chi connectivity index (χ3n) is 5.56. The van der Waals surface area contributed by atoms with Crippen molar-refractivity contribution in [1.82, 2.24) is 0 Å². The summed E-state index contributed by atoms with van der Waals surface area (Å²) in [5.74, 6) is -2.26. The second-order valence-corrected chi connectivity index (χ2v) is 10.0. The van der Waals surface area contributed by atoms with Gasteiger partial charge in [0.05, 0.1) is 9.85 Å². The molecular weight excluding hydrogens is 536 g/mol. The first-order valence-electron chi connectivity index (χ1n) is 10.6. The summed E-state index contributed by atoms with van der Waals surface area (Å²) in [5, 5.41) is 27.0. The second kappa shape index (κ2) is 9.42.